The first-order chi connectivity index (χ1) is 8.54. The third kappa shape index (κ3) is 2.03. The number of hydrogen-bond donors (Lipinski definition) is 0. The molecule has 0 saturated carbocycles. The third-order valence-electron chi connectivity index (χ3n) is 3.06. The lowest BCUT2D eigenvalue weighted by atomic mass is 9.80. The van der Waals surface area contributed by atoms with Crippen molar-refractivity contribution in [3.8, 4) is 0 Å². The Kier molecular flexibility index (Phi) is 3.23. The molecule has 0 aliphatic heterocycles. The summed E-state index contributed by atoms with van der Waals surface area (Å²) in [5.74, 6) is -3.99. The average Bonchev–Trinajstić information content (AvgIpc) is 2.38. The van der Waals surface area contributed by atoms with E-state index in [1.165, 1.54) is 12.1 Å². The monoisotopic (exact) mass is 250 g/mol. The molecule has 5 heteroatoms. The average molecular weight is 250 g/mol. The Morgan fingerprint density at radius 3 is 2.78 bits per heavy atom. The Morgan fingerprint density at radius 2 is 2.11 bits per heavy atom. The first-order valence-electron chi connectivity index (χ1n) is 5.49. The fraction of sp³-hybridized carbons (Fsp3) is 0.308. The lowest BCUT2D eigenvalue weighted by Crippen LogP contribution is -2.34. The largest absolute Gasteiger partial charge is 0.463 e. The fourth-order valence-corrected chi connectivity index (χ4v) is 2.11. The van der Waals surface area contributed by atoms with Gasteiger partial charge in [-0.05, 0) is 30.5 Å². The highest BCUT2D eigenvalue weighted by Gasteiger charge is 2.36. The number of carbonyl (C=O) groups excluding carboxylic acids is 3. The Hall–Kier alpha value is -2.04. The Labute approximate surface area is 103 Å². The zero-order valence-corrected chi connectivity index (χ0v) is 9.73. The van der Waals surface area contributed by atoms with E-state index in [1.54, 1.807) is 0 Å². The highest BCUT2D eigenvalue weighted by molar-refractivity contribution is 6.39. The summed E-state index contributed by atoms with van der Waals surface area (Å²) < 4.78 is 17.4. The molecule has 1 aliphatic rings. The van der Waals surface area contributed by atoms with Crippen LogP contribution in [0.5, 0.6) is 0 Å². The maximum atomic E-state index is 13.1. The van der Waals surface area contributed by atoms with E-state index in [0.717, 1.165) is 13.2 Å². The molecule has 0 amide bonds. The van der Waals surface area contributed by atoms with Crippen LogP contribution in [0.25, 0.3) is 0 Å². The van der Waals surface area contributed by atoms with Crippen molar-refractivity contribution in [2.45, 2.75) is 12.8 Å². The molecule has 0 aromatic heterocycles. The summed E-state index contributed by atoms with van der Waals surface area (Å²) in [6, 6.07) is 3.91. The zero-order chi connectivity index (χ0) is 13.3. The van der Waals surface area contributed by atoms with E-state index >= 15 is 0 Å². The minimum Gasteiger partial charge on any atom is -0.463 e. The Morgan fingerprint density at radius 1 is 1.39 bits per heavy atom. The van der Waals surface area contributed by atoms with E-state index in [0.29, 0.717) is 12.0 Å². The van der Waals surface area contributed by atoms with Crippen LogP contribution in [0.4, 0.5) is 4.39 Å². The van der Waals surface area contributed by atoms with Crippen molar-refractivity contribution in [1.29, 1.82) is 0 Å². The number of methoxy groups -OCH3 is 1. The topological polar surface area (TPSA) is 60.4 Å². The first-order valence-corrected chi connectivity index (χ1v) is 5.49. The second-order valence-electron chi connectivity index (χ2n) is 4.11. The third-order valence-corrected chi connectivity index (χ3v) is 3.06. The second kappa shape index (κ2) is 4.68. The maximum Gasteiger partial charge on any atom is 0.375 e. The predicted molar refractivity (Wildman–Crippen MR) is 59.6 cm³/mol. The fourth-order valence-electron chi connectivity index (χ4n) is 2.11. The van der Waals surface area contributed by atoms with Crippen LogP contribution in [0.1, 0.15) is 22.3 Å². The van der Waals surface area contributed by atoms with Crippen LogP contribution in [-0.4, -0.2) is 24.6 Å². The van der Waals surface area contributed by atoms with Gasteiger partial charge in [0.1, 0.15) is 5.82 Å². The van der Waals surface area contributed by atoms with E-state index < -0.39 is 29.3 Å². The summed E-state index contributed by atoms with van der Waals surface area (Å²) in [5.41, 5.74) is 0.888. The molecule has 0 N–H and O–H groups in total. The van der Waals surface area contributed by atoms with E-state index in [2.05, 4.69) is 4.74 Å². The molecular formula is C13H11FO4. The molecule has 1 aromatic rings. The molecule has 1 aromatic carbocycles. The summed E-state index contributed by atoms with van der Waals surface area (Å²) >= 11 is 0. The summed E-state index contributed by atoms with van der Waals surface area (Å²) in [5, 5.41) is 0. The van der Waals surface area contributed by atoms with Gasteiger partial charge in [-0.3, -0.25) is 9.59 Å². The summed E-state index contributed by atoms with van der Waals surface area (Å²) in [6.45, 7) is 0. The van der Waals surface area contributed by atoms with E-state index in [-0.39, 0.29) is 12.0 Å². The molecule has 1 aliphatic carbocycles. The van der Waals surface area contributed by atoms with Crippen molar-refractivity contribution in [2.24, 2.45) is 5.92 Å². The van der Waals surface area contributed by atoms with Crippen LogP contribution < -0.4 is 0 Å². The zero-order valence-electron chi connectivity index (χ0n) is 9.73. The van der Waals surface area contributed by atoms with Gasteiger partial charge >= 0.3 is 5.97 Å². The van der Waals surface area contributed by atoms with Crippen LogP contribution >= 0.6 is 0 Å². The standard InChI is InChI=1S/C13H11FO4/c1-18-13(17)12(16)9-5-3-7-2-4-8(14)6-10(7)11(9)15/h2,4,6,9H,3,5H2,1H3. The molecule has 0 bridgehead atoms. The number of fused-ring (bicyclic) bond motifs is 1. The van der Waals surface area contributed by atoms with Gasteiger partial charge in [0.25, 0.3) is 5.78 Å². The summed E-state index contributed by atoms with van der Waals surface area (Å²) in [7, 11) is 1.08. The smallest absolute Gasteiger partial charge is 0.375 e. The summed E-state index contributed by atoms with van der Waals surface area (Å²) in [4.78, 5) is 34.8. The second-order valence-corrected chi connectivity index (χ2v) is 4.11. The summed E-state index contributed by atoms with van der Waals surface area (Å²) in [6.07, 6.45) is 0.722. The van der Waals surface area contributed by atoms with Crippen molar-refractivity contribution >= 4 is 17.5 Å². The van der Waals surface area contributed by atoms with Gasteiger partial charge in [0.2, 0.25) is 0 Å². The van der Waals surface area contributed by atoms with Crippen LogP contribution in [0.3, 0.4) is 0 Å². The number of ketones is 2. The Bertz CT molecular complexity index is 536. The number of hydrogen-bond acceptors (Lipinski definition) is 4. The molecule has 0 heterocycles. The lowest BCUT2D eigenvalue weighted by Gasteiger charge is -2.21. The molecule has 0 fully saturated rings. The lowest BCUT2D eigenvalue weighted by molar-refractivity contribution is -0.153. The van der Waals surface area contributed by atoms with Gasteiger partial charge in [0.15, 0.2) is 5.78 Å². The number of halogens is 1. The number of rotatable bonds is 2. The van der Waals surface area contributed by atoms with Gasteiger partial charge in [0.05, 0.1) is 13.0 Å². The first kappa shape index (κ1) is 12.4. The SMILES string of the molecule is COC(=O)C(=O)C1CCc2ccc(F)cc2C1=O. The Balaban J connectivity index is 2.33. The highest BCUT2D eigenvalue weighted by Crippen LogP contribution is 2.27. The minimum atomic E-state index is -1.05. The van der Waals surface area contributed by atoms with Crippen molar-refractivity contribution < 1.29 is 23.5 Å². The molecule has 0 radical (unpaired) electrons. The molecule has 2 rings (SSSR count). The van der Waals surface area contributed by atoms with E-state index in [4.69, 9.17) is 0 Å². The predicted octanol–water partition coefficient (Wildman–Crippen LogP) is 1.31. The molecule has 18 heavy (non-hydrogen) atoms. The van der Waals surface area contributed by atoms with Crippen LogP contribution in [0.2, 0.25) is 0 Å². The van der Waals surface area contributed by atoms with Crippen molar-refractivity contribution in [2.75, 3.05) is 7.11 Å². The number of carbonyl (C=O) groups is 3. The normalized spacial score (nSPS) is 18.1. The molecule has 0 saturated heterocycles. The van der Waals surface area contributed by atoms with Crippen molar-refractivity contribution in [3.63, 3.8) is 0 Å². The minimum absolute atomic E-state index is 0.184. The van der Waals surface area contributed by atoms with Crippen LogP contribution in [0, 0.1) is 11.7 Å². The quantitative estimate of drug-likeness (QED) is 0.451. The number of Topliss-reactive ketones (excluding diaryl/α,β-unsaturated/α-hetero) is 2. The van der Waals surface area contributed by atoms with Gasteiger partial charge < -0.3 is 4.74 Å². The number of aryl methyl sites for hydroxylation is 1. The van der Waals surface area contributed by atoms with E-state index in [1.807, 2.05) is 0 Å². The number of ether oxygens (including phenoxy) is 1. The van der Waals surface area contributed by atoms with Gasteiger partial charge in [-0.2, -0.15) is 0 Å². The maximum absolute atomic E-state index is 13.1. The number of benzene rings is 1. The van der Waals surface area contributed by atoms with Crippen molar-refractivity contribution in [1.82, 2.24) is 0 Å². The highest BCUT2D eigenvalue weighted by atomic mass is 19.1. The van der Waals surface area contributed by atoms with Crippen LogP contribution in [-0.2, 0) is 20.7 Å². The molecule has 0 spiro atoms. The molecule has 1 unspecified atom stereocenters. The van der Waals surface area contributed by atoms with Gasteiger partial charge in [0, 0.05) is 5.56 Å². The van der Waals surface area contributed by atoms with Gasteiger partial charge in [-0.1, -0.05) is 6.07 Å². The van der Waals surface area contributed by atoms with Gasteiger partial charge in [-0.15, -0.1) is 0 Å². The van der Waals surface area contributed by atoms with Crippen molar-refractivity contribution in [3.05, 3.63) is 35.1 Å². The van der Waals surface area contributed by atoms with E-state index in [9.17, 15) is 18.8 Å². The van der Waals surface area contributed by atoms with Crippen LogP contribution in [0.15, 0.2) is 18.2 Å². The molecule has 94 valence electrons. The molecular weight excluding hydrogens is 239 g/mol. The number of esters is 1. The molecule has 4 nitrogen and oxygen atoms in total. The van der Waals surface area contributed by atoms with Gasteiger partial charge in [-0.25, -0.2) is 9.18 Å². The molecule has 1 atom stereocenters.